The number of benzene rings is 1. The van der Waals surface area contributed by atoms with E-state index in [9.17, 15) is 19.2 Å². The van der Waals surface area contributed by atoms with Crippen molar-refractivity contribution in [2.24, 2.45) is 5.92 Å². The van der Waals surface area contributed by atoms with E-state index in [1.807, 2.05) is 13.8 Å². The Balaban J connectivity index is 1.96. The number of hydrogen-bond donors (Lipinski definition) is 0. The van der Waals surface area contributed by atoms with Gasteiger partial charge in [-0.05, 0) is 48.4 Å². The molecule has 29 heavy (non-hydrogen) atoms. The molecule has 1 fully saturated rings. The van der Waals surface area contributed by atoms with Crippen LogP contribution in [0.4, 0.5) is 4.79 Å². The van der Waals surface area contributed by atoms with Crippen LogP contribution in [0.15, 0.2) is 29.2 Å². The molecule has 0 spiro atoms. The molecule has 0 aliphatic carbocycles. The van der Waals surface area contributed by atoms with Crippen molar-refractivity contribution in [2.75, 3.05) is 26.4 Å². The second kappa shape index (κ2) is 10.7. The van der Waals surface area contributed by atoms with Gasteiger partial charge in [0.05, 0.1) is 18.1 Å². The highest BCUT2D eigenvalue weighted by atomic mass is 32.2. The van der Waals surface area contributed by atoms with Crippen molar-refractivity contribution in [3.8, 4) is 5.75 Å². The van der Waals surface area contributed by atoms with Gasteiger partial charge in [0.25, 0.3) is 11.1 Å². The summed E-state index contributed by atoms with van der Waals surface area (Å²) < 4.78 is 15.1. The van der Waals surface area contributed by atoms with Crippen molar-refractivity contribution in [3.05, 3.63) is 34.7 Å². The smallest absolute Gasteiger partial charge is 0.344 e. The normalized spacial score (nSPS) is 15.2. The molecule has 0 aromatic heterocycles. The first-order valence-corrected chi connectivity index (χ1v) is 9.91. The van der Waals surface area contributed by atoms with E-state index in [1.165, 1.54) is 0 Å². The molecule has 1 saturated heterocycles. The number of nitrogens with zero attached hydrogens (tertiary/aromatic N) is 1. The molecular formula is C20H23NO7S. The lowest BCUT2D eigenvalue weighted by atomic mass is 10.2. The van der Waals surface area contributed by atoms with Crippen LogP contribution in [-0.2, 0) is 23.9 Å². The summed E-state index contributed by atoms with van der Waals surface area (Å²) in [6, 6.07) is 6.65. The van der Waals surface area contributed by atoms with Crippen LogP contribution in [-0.4, -0.2) is 54.4 Å². The lowest BCUT2D eigenvalue weighted by molar-refractivity contribution is -0.147. The third-order valence-electron chi connectivity index (χ3n) is 3.58. The molecule has 156 valence electrons. The Labute approximate surface area is 173 Å². The summed E-state index contributed by atoms with van der Waals surface area (Å²) in [7, 11) is 0. The molecule has 1 heterocycles. The number of imide groups is 1. The zero-order chi connectivity index (χ0) is 21.4. The molecular weight excluding hydrogens is 398 g/mol. The highest BCUT2D eigenvalue weighted by molar-refractivity contribution is 8.18. The first-order valence-electron chi connectivity index (χ1n) is 9.09. The zero-order valence-corrected chi connectivity index (χ0v) is 17.3. The summed E-state index contributed by atoms with van der Waals surface area (Å²) in [5, 5.41) is -0.517. The fourth-order valence-corrected chi connectivity index (χ4v) is 3.07. The number of hydrogen-bond acceptors (Lipinski definition) is 8. The van der Waals surface area contributed by atoms with E-state index in [1.54, 1.807) is 37.3 Å². The van der Waals surface area contributed by atoms with Crippen LogP contribution in [0.3, 0.4) is 0 Å². The monoisotopic (exact) mass is 421 g/mol. The van der Waals surface area contributed by atoms with Crippen LogP contribution in [0, 0.1) is 5.92 Å². The Hall–Kier alpha value is -2.81. The third kappa shape index (κ3) is 6.94. The molecule has 0 saturated carbocycles. The van der Waals surface area contributed by atoms with Crippen molar-refractivity contribution in [3.63, 3.8) is 0 Å². The van der Waals surface area contributed by atoms with Crippen molar-refractivity contribution >= 4 is 40.9 Å². The Morgan fingerprint density at radius 3 is 2.41 bits per heavy atom. The van der Waals surface area contributed by atoms with E-state index in [4.69, 9.17) is 14.2 Å². The van der Waals surface area contributed by atoms with Gasteiger partial charge in [-0.3, -0.25) is 19.3 Å². The van der Waals surface area contributed by atoms with Gasteiger partial charge in [-0.15, -0.1) is 0 Å². The van der Waals surface area contributed by atoms with E-state index < -0.39 is 29.6 Å². The Morgan fingerprint density at radius 2 is 1.79 bits per heavy atom. The van der Waals surface area contributed by atoms with Crippen molar-refractivity contribution in [1.82, 2.24) is 4.90 Å². The molecule has 0 radical (unpaired) electrons. The quantitative estimate of drug-likeness (QED) is 0.443. The molecule has 8 nitrogen and oxygen atoms in total. The topological polar surface area (TPSA) is 99.2 Å². The number of carbonyl (C=O) groups excluding carboxylic acids is 4. The maximum atomic E-state index is 12.4. The number of ether oxygens (including phenoxy) is 3. The van der Waals surface area contributed by atoms with Crippen LogP contribution in [0.2, 0.25) is 0 Å². The van der Waals surface area contributed by atoms with E-state index in [2.05, 4.69) is 0 Å². The Bertz CT molecular complexity index is 802. The van der Waals surface area contributed by atoms with Gasteiger partial charge in [-0.2, -0.15) is 0 Å². The highest BCUT2D eigenvalue weighted by Crippen LogP contribution is 2.32. The van der Waals surface area contributed by atoms with Crippen molar-refractivity contribution in [2.45, 2.75) is 20.8 Å². The van der Waals surface area contributed by atoms with Gasteiger partial charge in [-0.1, -0.05) is 26.0 Å². The third-order valence-corrected chi connectivity index (χ3v) is 4.49. The van der Waals surface area contributed by atoms with Gasteiger partial charge in [0, 0.05) is 0 Å². The molecule has 1 aliphatic heterocycles. The molecule has 1 aromatic rings. The van der Waals surface area contributed by atoms with E-state index in [0.29, 0.717) is 11.3 Å². The van der Waals surface area contributed by atoms with Crippen LogP contribution >= 0.6 is 11.8 Å². The van der Waals surface area contributed by atoms with Gasteiger partial charge in [0.2, 0.25) is 0 Å². The number of carbonyl (C=O) groups is 4. The summed E-state index contributed by atoms with van der Waals surface area (Å²) in [5.41, 5.74) is 0.668. The minimum absolute atomic E-state index is 0.165. The minimum atomic E-state index is -0.620. The van der Waals surface area contributed by atoms with Gasteiger partial charge in [-0.25, -0.2) is 4.79 Å². The second-order valence-corrected chi connectivity index (χ2v) is 7.50. The number of rotatable bonds is 9. The summed E-state index contributed by atoms with van der Waals surface area (Å²) >= 11 is 0.765. The molecule has 0 bridgehead atoms. The molecule has 1 aromatic carbocycles. The Kier molecular flexibility index (Phi) is 8.26. The first-order chi connectivity index (χ1) is 13.8. The number of amides is 2. The molecule has 9 heteroatoms. The molecule has 2 amide bonds. The summed E-state index contributed by atoms with van der Waals surface area (Å²) in [5.74, 6) is -0.985. The van der Waals surface area contributed by atoms with Crippen LogP contribution in [0.5, 0.6) is 5.75 Å². The standard InChI is InChI=1S/C20H23NO7S/c1-4-26-18(23)12-27-15-7-5-14(6-8-15)9-16-19(24)21(20(25)29-16)10-17(22)28-11-13(2)3/h5-9,13H,4,10-12H2,1-3H3/b16-9-. The van der Waals surface area contributed by atoms with Crippen molar-refractivity contribution < 1.29 is 33.4 Å². The predicted molar refractivity (Wildman–Crippen MR) is 107 cm³/mol. The second-order valence-electron chi connectivity index (χ2n) is 6.51. The fourth-order valence-electron chi connectivity index (χ4n) is 2.23. The average Bonchev–Trinajstić information content (AvgIpc) is 2.93. The SMILES string of the molecule is CCOC(=O)COc1ccc(/C=C2\SC(=O)N(CC(=O)OCC(C)C)C2=O)cc1. The lowest BCUT2D eigenvalue weighted by Crippen LogP contribution is -2.34. The largest absolute Gasteiger partial charge is 0.482 e. The molecule has 0 unspecified atom stereocenters. The van der Waals surface area contributed by atoms with Gasteiger partial charge >= 0.3 is 11.9 Å². The maximum absolute atomic E-state index is 12.4. The zero-order valence-electron chi connectivity index (χ0n) is 16.5. The fraction of sp³-hybridized carbons (Fsp3) is 0.400. The summed E-state index contributed by atoms with van der Waals surface area (Å²) in [4.78, 5) is 48.7. The summed E-state index contributed by atoms with van der Waals surface area (Å²) in [6.45, 7) is 5.41. The molecule has 1 aliphatic rings. The molecule has 0 N–H and O–H groups in total. The minimum Gasteiger partial charge on any atom is -0.482 e. The highest BCUT2D eigenvalue weighted by Gasteiger charge is 2.36. The Morgan fingerprint density at radius 1 is 1.10 bits per heavy atom. The average molecular weight is 421 g/mol. The lowest BCUT2D eigenvalue weighted by Gasteiger charge is -2.12. The number of thioether (sulfide) groups is 1. The summed E-state index contributed by atoms with van der Waals surface area (Å²) in [6.07, 6.45) is 1.56. The van der Waals surface area contributed by atoms with E-state index >= 15 is 0 Å². The van der Waals surface area contributed by atoms with Gasteiger partial charge in [0.1, 0.15) is 12.3 Å². The number of esters is 2. The van der Waals surface area contributed by atoms with Gasteiger partial charge < -0.3 is 14.2 Å². The van der Waals surface area contributed by atoms with Gasteiger partial charge in [0.15, 0.2) is 6.61 Å². The van der Waals surface area contributed by atoms with Crippen LogP contribution < -0.4 is 4.74 Å². The maximum Gasteiger partial charge on any atom is 0.344 e. The molecule has 0 atom stereocenters. The molecule has 2 rings (SSSR count). The van der Waals surface area contributed by atoms with Crippen molar-refractivity contribution in [1.29, 1.82) is 0 Å². The first kappa shape index (κ1) is 22.5. The van der Waals surface area contributed by atoms with Crippen LogP contribution in [0.1, 0.15) is 26.3 Å². The van der Waals surface area contributed by atoms with E-state index in [-0.39, 0.29) is 30.6 Å². The predicted octanol–water partition coefficient (Wildman–Crippen LogP) is 2.86. The van der Waals surface area contributed by atoms with Crippen LogP contribution in [0.25, 0.3) is 6.08 Å². The van der Waals surface area contributed by atoms with E-state index in [0.717, 1.165) is 16.7 Å².